The van der Waals surface area contributed by atoms with Crippen molar-refractivity contribution in [2.45, 2.75) is 39.5 Å². The number of nitrogens with one attached hydrogen (secondary N) is 1. The fourth-order valence-corrected chi connectivity index (χ4v) is 2.90. The van der Waals surface area contributed by atoms with Gasteiger partial charge in [0, 0.05) is 31.6 Å². The maximum atomic E-state index is 4.87. The van der Waals surface area contributed by atoms with Gasteiger partial charge in [-0.25, -0.2) is 9.97 Å². The Morgan fingerprint density at radius 1 is 1.11 bits per heavy atom. The molecule has 1 aromatic rings. The van der Waals surface area contributed by atoms with Crippen molar-refractivity contribution in [3.05, 3.63) is 11.4 Å². The minimum absolute atomic E-state index is 0.601. The molecule has 4 nitrogen and oxygen atoms in total. The zero-order valence-electron chi connectivity index (χ0n) is 12.4. The number of hydrogen-bond donors (Lipinski definition) is 1. The summed E-state index contributed by atoms with van der Waals surface area (Å²) in [7, 11) is 1.95. The molecular formula is C15H24N4. The van der Waals surface area contributed by atoms with Crippen molar-refractivity contribution in [2.24, 2.45) is 11.8 Å². The van der Waals surface area contributed by atoms with Gasteiger partial charge in [0.1, 0.15) is 17.5 Å². The number of aromatic nitrogens is 2. The standard InChI is InChI=1S/C15H24N4/c1-9-7-19(8-10(9)2)15-11(3)13(16-4)17-14(18-15)12-5-6-12/h9-10,12H,5-8H2,1-4H3,(H,16,17,18). The third-order valence-electron chi connectivity index (χ3n) is 4.60. The van der Waals surface area contributed by atoms with Gasteiger partial charge in [-0.2, -0.15) is 0 Å². The van der Waals surface area contributed by atoms with Crippen LogP contribution in [0.15, 0.2) is 0 Å². The molecule has 1 aliphatic carbocycles. The molecule has 19 heavy (non-hydrogen) atoms. The summed E-state index contributed by atoms with van der Waals surface area (Å²) in [5.74, 6) is 5.28. The van der Waals surface area contributed by atoms with Crippen molar-refractivity contribution in [1.82, 2.24) is 9.97 Å². The number of nitrogens with zero attached hydrogens (tertiary/aromatic N) is 3. The van der Waals surface area contributed by atoms with E-state index in [0.717, 1.165) is 42.4 Å². The van der Waals surface area contributed by atoms with Gasteiger partial charge in [-0.1, -0.05) is 13.8 Å². The van der Waals surface area contributed by atoms with Crippen LogP contribution in [0.2, 0.25) is 0 Å². The average Bonchev–Trinajstić information content (AvgIpc) is 3.17. The Labute approximate surface area is 115 Å². The second-order valence-corrected chi connectivity index (χ2v) is 6.26. The summed E-state index contributed by atoms with van der Waals surface area (Å²) >= 11 is 0. The molecule has 1 saturated carbocycles. The van der Waals surface area contributed by atoms with Crippen LogP contribution in [0.1, 0.15) is 44.0 Å². The first-order valence-electron chi connectivity index (χ1n) is 7.41. The normalized spacial score (nSPS) is 26.8. The van der Waals surface area contributed by atoms with Gasteiger partial charge in [0.15, 0.2) is 0 Å². The monoisotopic (exact) mass is 260 g/mol. The van der Waals surface area contributed by atoms with Crippen molar-refractivity contribution in [2.75, 3.05) is 30.4 Å². The molecule has 2 unspecified atom stereocenters. The van der Waals surface area contributed by atoms with Crippen molar-refractivity contribution in [1.29, 1.82) is 0 Å². The molecule has 0 radical (unpaired) electrons. The third kappa shape index (κ3) is 2.28. The quantitative estimate of drug-likeness (QED) is 0.907. The first kappa shape index (κ1) is 12.7. The lowest BCUT2D eigenvalue weighted by molar-refractivity contribution is 0.494. The molecular weight excluding hydrogens is 236 g/mol. The van der Waals surface area contributed by atoms with E-state index < -0.39 is 0 Å². The highest BCUT2D eigenvalue weighted by Gasteiger charge is 2.32. The fourth-order valence-electron chi connectivity index (χ4n) is 2.90. The highest BCUT2D eigenvalue weighted by molar-refractivity contribution is 5.59. The summed E-state index contributed by atoms with van der Waals surface area (Å²) in [5, 5.41) is 3.23. The van der Waals surface area contributed by atoms with Gasteiger partial charge in [0.05, 0.1) is 0 Å². The van der Waals surface area contributed by atoms with Gasteiger partial charge in [-0.15, -0.1) is 0 Å². The molecule has 1 aliphatic heterocycles. The molecule has 0 amide bonds. The SMILES string of the molecule is CNc1nc(C2CC2)nc(N2CC(C)C(C)C2)c1C. The van der Waals surface area contributed by atoms with Crippen molar-refractivity contribution < 1.29 is 0 Å². The molecule has 2 heterocycles. The van der Waals surface area contributed by atoms with Crippen LogP contribution in [0.3, 0.4) is 0 Å². The Balaban J connectivity index is 1.97. The van der Waals surface area contributed by atoms with E-state index >= 15 is 0 Å². The zero-order chi connectivity index (χ0) is 13.6. The van der Waals surface area contributed by atoms with Crippen molar-refractivity contribution >= 4 is 11.6 Å². The fraction of sp³-hybridized carbons (Fsp3) is 0.733. The van der Waals surface area contributed by atoms with Gasteiger partial charge < -0.3 is 10.2 Å². The smallest absolute Gasteiger partial charge is 0.137 e. The maximum Gasteiger partial charge on any atom is 0.137 e. The molecule has 0 aromatic carbocycles. The summed E-state index contributed by atoms with van der Waals surface area (Å²) in [6.07, 6.45) is 2.50. The predicted octanol–water partition coefficient (Wildman–Crippen LogP) is 2.80. The van der Waals surface area contributed by atoms with Gasteiger partial charge in [-0.05, 0) is 31.6 Å². The number of hydrogen-bond acceptors (Lipinski definition) is 4. The number of anilines is 2. The van der Waals surface area contributed by atoms with Crippen LogP contribution in [-0.4, -0.2) is 30.1 Å². The summed E-state index contributed by atoms with van der Waals surface area (Å²) < 4.78 is 0. The van der Waals surface area contributed by atoms with E-state index in [9.17, 15) is 0 Å². The Morgan fingerprint density at radius 2 is 1.74 bits per heavy atom. The molecule has 1 saturated heterocycles. The van der Waals surface area contributed by atoms with E-state index in [1.807, 2.05) is 7.05 Å². The molecule has 4 heteroatoms. The summed E-state index contributed by atoms with van der Waals surface area (Å²) in [6, 6.07) is 0. The second kappa shape index (κ2) is 4.66. The molecule has 1 aromatic heterocycles. The highest BCUT2D eigenvalue weighted by Crippen LogP contribution is 2.40. The molecule has 2 aliphatic rings. The van der Waals surface area contributed by atoms with Crippen LogP contribution in [0, 0.1) is 18.8 Å². The predicted molar refractivity (Wildman–Crippen MR) is 78.8 cm³/mol. The Kier molecular flexibility index (Phi) is 3.11. The molecule has 3 rings (SSSR count). The van der Waals surface area contributed by atoms with Crippen LogP contribution in [-0.2, 0) is 0 Å². The summed E-state index contributed by atoms with van der Waals surface area (Å²) in [6.45, 7) is 9.04. The van der Waals surface area contributed by atoms with E-state index in [2.05, 4.69) is 36.0 Å². The Hall–Kier alpha value is -1.32. The minimum atomic E-state index is 0.601. The molecule has 1 N–H and O–H groups in total. The number of rotatable bonds is 3. The van der Waals surface area contributed by atoms with Crippen LogP contribution in [0.5, 0.6) is 0 Å². The van der Waals surface area contributed by atoms with Crippen molar-refractivity contribution in [3.63, 3.8) is 0 Å². The first-order valence-corrected chi connectivity index (χ1v) is 7.41. The molecule has 2 atom stereocenters. The van der Waals surface area contributed by atoms with E-state index in [0.29, 0.717) is 5.92 Å². The lowest BCUT2D eigenvalue weighted by Crippen LogP contribution is -2.23. The summed E-state index contributed by atoms with van der Waals surface area (Å²) in [4.78, 5) is 12.0. The second-order valence-electron chi connectivity index (χ2n) is 6.26. The molecule has 2 fully saturated rings. The van der Waals surface area contributed by atoms with E-state index in [1.54, 1.807) is 0 Å². The van der Waals surface area contributed by atoms with Crippen LogP contribution in [0.25, 0.3) is 0 Å². The van der Waals surface area contributed by atoms with Gasteiger partial charge in [-0.3, -0.25) is 0 Å². The minimum Gasteiger partial charge on any atom is -0.373 e. The van der Waals surface area contributed by atoms with Crippen LogP contribution in [0.4, 0.5) is 11.6 Å². The van der Waals surface area contributed by atoms with Crippen molar-refractivity contribution in [3.8, 4) is 0 Å². The lowest BCUT2D eigenvalue weighted by Gasteiger charge is -2.21. The van der Waals surface area contributed by atoms with Gasteiger partial charge in [0.25, 0.3) is 0 Å². The maximum absolute atomic E-state index is 4.87. The lowest BCUT2D eigenvalue weighted by atomic mass is 10.0. The highest BCUT2D eigenvalue weighted by atomic mass is 15.2. The topological polar surface area (TPSA) is 41.1 Å². The molecule has 104 valence electrons. The third-order valence-corrected chi connectivity index (χ3v) is 4.60. The average molecular weight is 260 g/mol. The summed E-state index contributed by atoms with van der Waals surface area (Å²) in [5.41, 5.74) is 1.19. The van der Waals surface area contributed by atoms with Gasteiger partial charge in [0.2, 0.25) is 0 Å². The van der Waals surface area contributed by atoms with E-state index in [1.165, 1.54) is 18.4 Å². The molecule has 0 bridgehead atoms. The Bertz CT molecular complexity index is 471. The molecule has 0 spiro atoms. The van der Waals surface area contributed by atoms with Crippen LogP contribution < -0.4 is 10.2 Å². The zero-order valence-corrected chi connectivity index (χ0v) is 12.4. The van der Waals surface area contributed by atoms with Crippen LogP contribution >= 0.6 is 0 Å². The van der Waals surface area contributed by atoms with E-state index in [4.69, 9.17) is 4.98 Å². The van der Waals surface area contributed by atoms with E-state index in [-0.39, 0.29) is 0 Å². The first-order chi connectivity index (χ1) is 9.10. The van der Waals surface area contributed by atoms with Gasteiger partial charge >= 0.3 is 0 Å². The largest absolute Gasteiger partial charge is 0.373 e. The Morgan fingerprint density at radius 3 is 2.26 bits per heavy atom.